The van der Waals surface area contributed by atoms with Gasteiger partial charge in [-0.2, -0.15) is 0 Å². The number of halogens is 2. The van der Waals surface area contributed by atoms with Crippen molar-refractivity contribution in [3.63, 3.8) is 0 Å². The van der Waals surface area contributed by atoms with Crippen molar-refractivity contribution in [2.45, 2.75) is 6.92 Å². The number of hydrogen-bond donors (Lipinski definition) is 0. The van der Waals surface area contributed by atoms with Crippen LogP contribution >= 0.6 is 31.9 Å². The minimum atomic E-state index is -0.350. The van der Waals surface area contributed by atoms with E-state index >= 15 is 0 Å². The lowest BCUT2D eigenvalue weighted by Crippen LogP contribution is -2.05. The number of nitrogens with zero attached hydrogens (tertiary/aromatic N) is 1. The minimum Gasteiger partial charge on any atom is -0.462 e. The summed E-state index contributed by atoms with van der Waals surface area (Å²) in [5.74, 6) is -0.350. The van der Waals surface area contributed by atoms with Crippen LogP contribution in [-0.2, 0) is 4.74 Å². The fourth-order valence-electron chi connectivity index (χ4n) is 0.785. The molecule has 5 heteroatoms. The minimum absolute atomic E-state index is 0.350. The molecule has 0 aliphatic carbocycles. The Morgan fingerprint density at radius 3 is 2.92 bits per heavy atom. The van der Waals surface area contributed by atoms with Crippen LogP contribution in [0, 0.1) is 0 Å². The average Bonchev–Trinajstić information content (AvgIpc) is 2.10. The Kier molecular flexibility index (Phi) is 3.87. The Morgan fingerprint density at radius 1 is 1.62 bits per heavy atom. The highest BCUT2D eigenvalue weighted by molar-refractivity contribution is 9.13. The Labute approximate surface area is 92.8 Å². The van der Waals surface area contributed by atoms with Gasteiger partial charge in [-0.25, -0.2) is 9.78 Å². The third kappa shape index (κ3) is 2.51. The predicted octanol–water partition coefficient (Wildman–Crippen LogP) is 2.78. The molecule has 1 heterocycles. The molecule has 0 fully saturated rings. The van der Waals surface area contributed by atoms with Crippen molar-refractivity contribution in [3.8, 4) is 0 Å². The average molecular weight is 309 g/mol. The predicted molar refractivity (Wildman–Crippen MR) is 55.6 cm³/mol. The summed E-state index contributed by atoms with van der Waals surface area (Å²) in [6.45, 7) is 2.13. The van der Waals surface area contributed by atoms with Crippen LogP contribution < -0.4 is 0 Å². The number of ether oxygens (including phenoxy) is 1. The van der Waals surface area contributed by atoms with Crippen molar-refractivity contribution >= 4 is 37.8 Å². The maximum absolute atomic E-state index is 11.3. The second kappa shape index (κ2) is 4.72. The van der Waals surface area contributed by atoms with Gasteiger partial charge in [0.05, 0.1) is 16.6 Å². The zero-order chi connectivity index (χ0) is 9.84. The summed E-state index contributed by atoms with van der Waals surface area (Å²) in [5, 5.41) is 0. The zero-order valence-corrected chi connectivity index (χ0v) is 10.1. The molecule has 3 nitrogen and oxygen atoms in total. The number of pyridine rings is 1. The zero-order valence-electron chi connectivity index (χ0n) is 6.88. The highest BCUT2D eigenvalue weighted by Gasteiger charge is 2.12. The van der Waals surface area contributed by atoms with Crippen molar-refractivity contribution in [2.24, 2.45) is 0 Å². The van der Waals surface area contributed by atoms with Gasteiger partial charge < -0.3 is 4.74 Å². The van der Waals surface area contributed by atoms with Gasteiger partial charge in [0.25, 0.3) is 0 Å². The summed E-state index contributed by atoms with van der Waals surface area (Å²) in [6, 6.07) is 1.60. The highest BCUT2D eigenvalue weighted by atomic mass is 79.9. The van der Waals surface area contributed by atoms with Gasteiger partial charge in [-0.05, 0) is 44.8 Å². The number of aromatic nitrogens is 1. The van der Waals surface area contributed by atoms with E-state index in [2.05, 4.69) is 36.8 Å². The van der Waals surface area contributed by atoms with Crippen LogP contribution in [0.1, 0.15) is 17.3 Å². The van der Waals surface area contributed by atoms with E-state index in [0.29, 0.717) is 21.2 Å². The lowest BCUT2D eigenvalue weighted by molar-refractivity contribution is 0.0525. The molecule has 13 heavy (non-hydrogen) atoms. The second-order valence-corrected chi connectivity index (χ2v) is 3.73. The smallest absolute Gasteiger partial charge is 0.339 e. The Balaban J connectivity index is 3.01. The van der Waals surface area contributed by atoms with Gasteiger partial charge in [-0.1, -0.05) is 0 Å². The van der Waals surface area contributed by atoms with Crippen molar-refractivity contribution in [3.05, 3.63) is 26.9 Å². The van der Waals surface area contributed by atoms with E-state index in [1.165, 1.54) is 0 Å². The lowest BCUT2D eigenvalue weighted by atomic mass is 10.3. The molecule has 0 radical (unpaired) electrons. The van der Waals surface area contributed by atoms with Crippen LogP contribution in [0.25, 0.3) is 0 Å². The topological polar surface area (TPSA) is 39.2 Å². The third-order valence-corrected chi connectivity index (χ3v) is 3.28. The first-order chi connectivity index (χ1) is 6.16. The molecule has 1 aromatic heterocycles. The number of hydrogen-bond acceptors (Lipinski definition) is 3. The Bertz CT molecular complexity index is 328. The molecule has 0 atom stereocenters. The number of carbonyl (C=O) groups excluding carboxylic acids is 1. The first kappa shape index (κ1) is 10.7. The van der Waals surface area contributed by atoms with Crippen LogP contribution in [0.15, 0.2) is 21.3 Å². The van der Waals surface area contributed by atoms with E-state index < -0.39 is 0 Å². The van der Waals surface area contributed by atoms with Gasteiger partial charge in [0.15, 0.2) is 0 Å². The quantitative estimate of drug-likeness (QED) is 0.623. The standard InChI is InChI=1S/C8H7Br2NO2/c1-2-13-8(12)5-3-4-11-7(10)6(5)9/h3-4H,2H2,1H3. The van der Waals surface area contributed by atoms with E-state index in [0.717, 1.165) is 0 Å². The van der Waals surface area contributed by atoms with Gasteiger partial charge >= 0.3 is 5.97 Å². The van der Waals surface area contributed by atoms with Crippen molar-refractivity contribution in [1.82, 2.24) is 4.98 Å². The molecule has 70 valence electrons. The SMILES string of the molecule is CCOC(=O)c1ccnc(Br)c1Br. The maximum Gasteiger partial charge on any atom is 0.339 e. The van der Waals surface area contributed by atoms with E-state index in [-0.39, 0.29) is 5.97 Å². The number of carbonyl (C=O) groups is 1. The molecule has 0 N–H and O–H groups in total. The number of rotatable bonds is 2. The Morgan fingerprint density at radius 2 is 2.31 bits per heavy atom. The van der Waals surface area contributed by atoms with Crippen LogP contribution in [0.2, 0.25) is 0 Å². The molecule has 0 bridgehead atoms. The Hall–Kier alpha value is -0.420. The van der Waals surface area contributed by atoms with Gasteiger partial charge in [0, 0.05) is 6.20 Å². The first-order valence-corrected chi connectivity index (χ1v) is 5.22. The highest BCUT2D eigenvalue weighted by Crippen LogP contribution is 2.24. The molecule has 0 saturated heterocycles. The number of esters is 1. The van der Waals surface area contributed by atoms with E-state index in [9.17, 15) is 4.79 Å². The summed E-state index contributed by atoms with van der Waals surface area (Å²) >= 11 is 6.44. The molecule has 0 unspecified atom stereocenters. The fraction of sp³-hybridized carbons (Fsp3) is 0.250. The van der Waals surface area contributed by atoms with Gasteiger partial charge in [0.1, 0.15) is 4.60 Å². The molecule has 0 saturated carbocycles. The van der Waals surface area contributed by atoms with Gasteiger partial charge in [-0.3, -0.25) is 0 Å². The van der Waals surface area contributed by atoms with Crippen LogP contribution in [-0.4, -0.2) is 17.6 Å². The third-order valence-electron chi connectivity index (χ3n) is 1.34. The fourth-order valence-corrected chi connectivity index (χ4v) is 1.51. The largest absolute Gasteiger partial charge is 0.462 e. The molecule has 1 rings (SSSR count). The second-order valence-electron chi connectivity index (χ2n) is 2.18. The van der Waals surface area contributed by atoms with E-state index in [1.54, 1.807) is 19.2 Å². The molecular weight excluding hydrogens is 302 g/mol. The molecule has 1 aromatic rings. The van der Waals surface area contributed by atoms with E-state index in [4.69, 9.17) is 4.74 Å². The van der Waals surface area contributed by atoms with Crippen LogP contribution in [0.5, 0.6) is 0 Å². The molecule has 0 amide bonds. The van der Waals surface area contributed by atoms with E-state index in [1.807, 2.05) is 0 Å². The summed E-state index contributed by atoms with van der Waals surface area (Å²) < 4.78 is 6.06. The monoisotopic (exact) mass is 307 g/mol. The lowest BCUT2D eigenvalue weighted by Gasteiger charge is -2.04. The summed E-state index contributed by atoms with van der Waals surface area (Å²) in [7, 11) is 0. The van der Waals surface area contributed by atoms with Crippen molar-refractivity contribution < 1.29 is 9.53 Å². The summed E-state index contributed by atoms with van der Waals surface area (Å²) in [5.41, 5.74) is 0.476. The summed E-state index contributed by atoms with van der Waals surface area (Å²) in [4.78, 5) is 15.3. The maximum atomic E-state index is 11.3. The van der Waals surface area contributed by atoms with Crippen molar-refractivity contribution in [1.29, 1.82) is 0 Å². The van der Waals surface area contributed by atoms with Gasteiger partial charge in [0.2, 0.25) is 0 Å². The van der Waals surface area contributed by atoms with Crippen LogP contribution in [0.3, 0.4) is 0 Å². The normalized spacial score (nSPS) is 9.77. The molecule has 0 aromatic carbocycles. The molecular formula is C8H7Br2NO2. The first-order valence-electron chi connectivity index (χ1n) is 3.64. The molecule has 0 aliphatic rings. The summed E-state index contributed by atoms with van der Waals surface area (Å²) in [6.07, 6.45) is 1.54. The molecule has 0 aliphatic heterocycles. The molecule has 0 spiro atoms. The van der Waals surface area contributed by atoms with Gasteiger partial charge in [-0.15, -0.1) is 0 Å². The van der Waals surface area contributed by atoms with Crippen LogP contribution in [0.4, 0.5) is 0 Å². The van der Waals surface area contributed by atoms with Crippen molar-refractivity contribution in [2.75, 3.05) is 6.61 Å².